The summed E-state index contributed by atoms with van der Waals surface area (Å²) in [6, 6.07) is 10.0. The van der Waals surface area contributed by atoms with Crippen LogP contribution in [-0.4, -0.2) is 24.9 Å². The van der Waals surface area contributed by atoms with Crippen LogP contribution in [0.2, 0.25) is 10.0 Å². The van der Waals surface area contributed by atoms with Gasteiger partial charge in [0.1, 0.15) is 5.82 Å². The number of anilines is 1. The van der Waals surface area contributed by atoms with Gasteiger partial charge in [0.05, 0.1) is 0 Å². The molecule has 0 saturated heterocycles. The van der Waals surface area contributed by atoms with Crippen molar-refractivity contribution in [3.63, 3.8) is 0 Å². The largest absolute Gasteiger partial charge is 0.350 e. The molecule has 0 unspecified atom stereocenters. The summed E-state index contributed by atoms with van der Waals surface area (Å²) in [6.45, 7) is 1.88. The Morgan fingerprint density at radius 2 is 1.67 bits per heavy atom. The topological polar surface area (TPSA) is 49.4 Å². The lowest BCUT2D eigenvalue weighted by Gasteiger charge is -2.22. The Kier molecular flexibility index (Phi) is 6.17. The summed E-state index contributed by atoms with van der Waals surface area (Å²) in [7, 11) is 0. The molecular formula is C17H15Cl2FN2O2. The van der Waals surface area contributed by atoms with Crippen molar-refractivity contribution in [1.29, 1.82) is 0 Å². The zero-order chi connectivity index (χ0) is 17.7. The highest BCUT2D eigenvalue weighted by molar-refractivity contribution is 6.35. The van der Waals surface area contributed by atoms with Gasteiger partial charge < -0.3 is 10.2 Å². The lowest BCUT2D eigenvalue weighted by atomic mass is 10.2. The molecule has 0 fully saturated rings. The van der Waals surface area contributed by atoms with Crippen LogP contribution < -0.4 is 10.2 Å². The number of carbonyl (C=O) groups excluding carboxylic acids is 2. The quantitative estimate of drug-likeness (QED) is 0.869. The van der Waals surface area contributed by atoms with E-state index < -0.39 is 5.82 Å². The Hall–Kier alpha value is -2.11. The van der Waals surface area contributed by atoms with E-state index in [-0.39, 0.29) is 24.9 Å². The predicted octanol–water partition coefficient (Wildman–Crippen LogP) is 3.92. The van der Waals surface area contributed by atoms with Crippen LogP contribution in [0.4, 0.5) is 10.1 Å². The maximum Gasteiger partial charge on any atom is 0.251 e. The number of benzene rings is 2. The molecule has 0 saturated carbocycles. The van der Waals surface area contributed by atoms with Crippen molar-refractivity contribution in [3.05, 3.63) is 63.9 Å². The molecule has 2 amide bonds. The molecule has 2 rings (SSSR count). The third-order valence-electron chi connectivity index (χ3n) is 3.27. The average molecular weight is 369 g/mol. The van der Waals surface area contributed by atoms with Gasteiger partial charge in [0.25, 0.3) is 5.91 Å². The summed E-state index contributed by atoms with van der Waals surface area (Å²) >= 11 is 11.9. The second-order valence-electron chi connectivity index (χ2n) is 5.06. The zero-order valence-electron chi connectivity index (χ0n) is 12.9. The fourth-order valence-corrected chi connectivity index (χ4v) is 2.66. The van der Waals surface area contributed by atoms with Crippen molar-refractivity contribution in [2.75, 3.05) is 18.0 Å². The molecule has 0 heterocycles. The van der Waals surface area contributed by atoms with E-state index in [0.717, 1.165) is 0 Å². The van der Waals surface area contributed by atoms with Crippen LogP contribution in [0, 0.1) is 5.82 Å². The summed E-state index contributed by atoms with van der Waals surface area (Å²) in [5, 5.41) is 3.51. The molecule has 0 atom stereocenters. The van der Waals surface area contributed by atoms with E-state index in [1.165, 1.54) is 36.1 Å². The smallest absolute Gasteiger partial charge is 0.251 e. The van der Waals surface area contributed by atoms with Gasteiger partial charge in [-0.2, -0.15) is 0 Å². The first-order valence-corrected chi connectivity index (χ1v) is 7.90. The van der Waals surface area contributed by atoms with Gasteiger partial charge in [0.15, 0.2) is 0 Å². The summed E-state index contributed by atoms with van der Waals surface area (Å²) < 4.78 is 12.9. The Balaban J connectivity index is 2.00. The summed E-state index contributed by atoms with van der Waals surface area (Å²) in [5.41, 5.74) is 0.896. The SMILES string of the molecule is CC(=O)N(CCNC(=O)c1ccc(F)cc1)c1cc(Cl)cc(Cl)c1. The average Bonchev–Trinajstić information content (AvgIpc) is 2.50. The molecule has 1 N–H and O–H groups in total. The number of hydrogen-bond acceptors (Lipinski definition) is 2. The van der Waals surface area contributed by atoms with Crippen LogP contribution in [0.1, 0.15) is 17.3 Å². The van der Waals surface area contributed by atoms with Gasteiger partial charge in [-0.05, 0) is 42.5 Å². The Bertz CT molecular complexity index is 731. The maximum absolute atomic E-state index is 12.9. The van der Waals surface area contributed by atoms with Gasteiger partial charge in [0.2, 0.25) is 5.91 Å². The van der Waals surface area contributed by atoms with Crippen LogP contribution in [0.25, 0.3) is 0 Å². The number of carbonyl (C=O) groups is 2. The van der Waals surface area contributed by atoms with Crippen molar-refractivity contribution in [1.82, 2.24) is 5.32 Å². The normalized spacial score (nSPS) is 10.3. The standard InChI is InChI=1S/C17H15Cl2FN2O2/c1-11(23)22(16-9-13(18)8-14(19)10-16)7-6-21-17(24)12-2-4-15(20)5-3-12/h2-5,8-10H,6-7H2,1H3,(H,21,24). The zero-order valence-corrected chi connectivity index (χ0v) is 14.4. The second kappa shape index (κ2) is 8.13. The van der Waals surface area contributed by atoms with Crippen LogP contribution in [0.15, 0.2) is 42.5 Å². The van der Waals surface area contributed by atoms with Crippen molar-refractivity contribution >= 4 is 40.7 Å². The van der Waals surface area contributed by atoms with Crippen molar-refractivity contribution in [2.24, 2.45) is 0 Å². The summed E-state index contributed by atoms with van der Waals surface area (Å²) in [5.74, 6) is -0.959. The molecule has 2 aromatic rings. The number of nitrogens with one attached hydrogen (secondary N) is 1. The number of amides is 2. The number of rotatable bonds is 5. The second-order valence-corrected chi connectivity index (χ2v) is 5.93. The molecule has 0 aromatic heterocycles. The van der Waals surface area contributed by atoms with Crippen molar-refractivity contribution in [2.45, 2.75) is 6.92 Å². The summed E-state index contributed by atoms with van der Waals surface area (Å²) in [6.07, 6.45) is 0. The van der Waals surface area contributed by atoms with E-state index in [1.54, 1.807) is 18.2 Å². The van der Waals surface area contributed by atoms with Crippen LogP contribution in [-0.2, 0) is 4.79 Å². The highest BCUT2D eigenvalue weighted by Crippen LogP contribution is 2.25. The Morgan fingerprint density at radius 3 is 2.21 bits per heavy atom. The molecule has 2 aromatic carbocycles. The highest BCUT2D eigenvalue weighted by atomic mass is 35.5. The molecule has 0 aliphatic heterocycles. The minimum atomic E-state index is -0.410. The van der Waals surface area contributed by atoms with E-state index in [4.69, 9.17) is 23.2 Å². The molecule has 7 heteroatoms. The van der Waals surface area contributed by atoms with Crippen molar-refractivity contribution < 1.29 is 14.0 Å². The van der Waals surface area contributed by atoms with E-state index in [1.807, 2.05) is 0 Å². The third-order valence-corrected chi connectivity index (χ3v) is 3.70. The Labute approximate surface area is 149 Å². The molecule has 4 nitrogen and oxygen atoms in total. The van der Waals surface area contributed by atoms with E-state index in [2.05, 4.69) is 5.32 Å². The highest BCUT2D eigenvalue weighted by Gasteiger charge is 2.13. The minimum absolute atomic E-state index is 0.204. The van der Waals surface area contributed by atoms with Crippen molar-refractivity contribution in [3.8, 4) is 0 Å². The first kappa shape index (κ1) is 18.2. The number of nitrogens with zero attached hydrogens (tertiary/aromatic N) is 1. The fourth-order valence-electron chi connectivity index (χ4n) is 2.15. The Morgan fingerprint density at radius 1 is 1.08 bits per heavy atom. The summed E-state index contributed by atoms with van der Waals surface area (Å²) in [4.78, 5) is 25.3. The number of halogens is 3. The van der Waals surface area contributed by atoms with Gasteiger partial charge in [0, 0.05) is 41.3 Å². The molecule has 0 bridgehead atoms. The molecule has 0 radical (unpaired) electrons. The van der Waals surface area contributed by atoms with E-state index in [9.17, 15) is 14.0 Å². The third kappa shape index (κ3) is 4.94. The molecule has 0 aliphatic carbocycles. The van der Waals surface area contributed by atoms with Gasteiger partial charge in [-0.15, -0.1) is 0 Å². The fraction of sp³-hybridized carbons (Fsp3) is 0.176. The molecule has 0 spiro atoms. The first-order valence-electron chi connectivity index (χ1n) is 7.15. The van der Waals surface area contributed by atoms with Gasteiger partial charge >= 0.3 is 0 Å². The first-order chi connectivity index (χ1) is 11.4. The predicted molar refractivity (Wildman–Crippen MR) is 93.2 cm³/mol. The molecular weight excluding hydrogens is 354 g/mol. The monoisotopic (exact) mass is 368 g/mol. The maximum atomic E-state index is 12.9. The van der Waals surface area contributed by atoms with Crippen LogP contribution >= 0.6 is 23.2 Å². The van der Waals surface area contributed by atoms with Crippen LogP contribution in [0.3, 0.4) is 0 Å². The molecule has 0 aliphatic rings. The van der Waals surface area contributed by atoms with Gasteiger partial charge in [-0.1, -0.05) is 23.2 Å². The van der Waals surface area contributed by atoms with E-state index in [0.29, 0.717) is 21.3 Å². The molecule has 126 valence electrons. The van der Waals surface area contributed by atoms with E-state index >= 15 is 0 Å². The lowest BCUT2D eigenvalue weighted by Crippen LogP contribution is -2.37. The lowest BCUT2D eigenvalue weighted by molar-refractivity contribution is -0.116. The molecule has 24 heavy (non-hydrogen) atoms. The minimum Gasteiger partial charge on any atom is -0.350 e. The van der Waals surface area contributed by atoms with Gasteiger partial charge in [-0.25, -0.2) is 4.39 Å². The van der Waals surface area contributed by atoms with Crippen LogP contribution in [0.5, 0.6) is 0 Å². The number of hydrogen-bond donors (Lipinski definition) is 1. The van der Waals surface area contributed by atoms with Gasteiger partial charge in [-0.3, -0.25) is 9.59 Å².